The molecule has 0 aliphatic carbocycles. The van der Waals surface area contributed by atoms with Crippen LogP contribution in [-0.2, 0) is 11.2 Å². The molecule has 0 atom stereocenters. The van der Waals surface area contributed by atoms with Crippen LogP contribution in [0.25, 0.3) is 0 Å². The first-order chi connectivity index (χ1) is 11.9. The van der Waals surface area contributed by atoms with E-state index in [2.05, 4.69) is 10.5 Å². The number of rotatable bonds is 6. The number of nitrogens with zero attached hydrogens (tertiary/aromatic N) is 2. The Morgan fingerprint density at radius 3 is 2.60 bits per heavy atom. The number of hydrogen-bond donors (Lipinski definition) is 3. The van der Waals surface area contributed by atoms with Crippen molar-refractivity contribution in [3.63, 3.8) is 0 Å². The van der Waals surface area contributed by atoms with Crippen molar-refractivity contribution in [1.29, 1.82) is 0 Å². The fourth-order valence-electron chi connectivity index (χ4n) is 1.99. The summed E-state index contributed by atoms with van der Waals surface area (Å²) in [6, 6.07) is 8.29. The zero-order valence-corrected chi connectivity index (χ0v) is 13.2. The Labute approximate surface area is 142 Å². The number of methoxy groups -OCH3 is 1. The molecule has 2 rings (SSSR count). The highest BCUT2D eigenvalue weighted by molar-refractivity contribution is 5.87. The fraction of sp³-hybridized carbons (Fsp3) is 0.125. The summed E-state index contributed by atoms with van der Waals surface area (Å²) in [5.74, 6) is -0.744. The number of aromatic hydroxyl groups is 2. The van der Waals surface area contributed by atoms with Crippen molar-refractivity contribution in [2.45, 2.75) is 6.42 Å². The Hall–Kier alpha value is -3.62. The summed E-state index contributed by atoms with van der Waals surface area (Å²) < 4.78 is 4.87. The predicted molar refractivity (Wildman–Crippen MR) is 88.9 cm³/mol. The fourth-order valence-corrected chi connectivity index (χ4v) is 1.99. The number of benzene rings is 2. The number of phenols is 2. The van der Waals surface area contributed by atoms with E-state index in [-0.39, 0.29) is 34.9 Å². The smallest absolute Gasteiger partial charge is 0.274 e. The van der Waals surface area contributed by atoms with E-state index in [0.717, 1.165) is 18.3 Å². The lowest BCUT2D eigenvalue weighted by molar-refractivity contribution is -0.385. The van der Waals surface area contributed by atoms with Gasteiger partial charge in [0.05, 0.1) is 30.7 Å². The first kappa shape index (κ1) is 17.7. The Balaban J connectivity index is 2.08. The monoisotopic (exact) mass is 345 g/mol. The van der Waals surface area contributed by atoms with E-state index in [1.807, 2.05) is 0 Å². The summed E-state index contributed by atoms with van der Waals surface area (Å²) in [4.78, 5) is 22.0. The summed E-state index contributed by atoms with van der Waals surface area (Å²) >= 11 is 0. The van der Waals surface area contributed by atoms with E-state index < -0.39 is 10.8 Å². The van der Waals surface area contributed by atoms with Crippen LogP contribution in [0.4, 0.5) is 5.69 Å². The van der Waals surface area contributed by atoms with Crippen LogP contribution >= 0.6 is 0 Å². The quantitative estimate of drug-likeness (QED) is 0.414. The highest BCUT2D eigenvalue weighted by atomic mass is 16.6. The molecular weight excluding hydrogens is 330 g/mol. The van der Waals surface area contributed by atoms with Crippen molar-refractivity contribution in [3.05, 3.63) is 57.6 Å². The topological polar surface area (TPSA) is 134 Å². The van der Waals surface area contributed by atoms with Gasteiger partial charge in [-0.3, -0.25) is 14.9 Å². The third kappa shape index (κ3) is 4.67. The number of nitrogens with one attached hydrogen (secondary N) is 1. The molecule has 9 heteroatoms. The molecule has 25 heavy (non-hydrogen) atoms. The third-order valence-electron chi connectivity index (χ3n) is 3.21. The molecule has 2 aromatic rings. The van der Waals surface area contributed by atoms with E-state index in [1.54, 1.807) is 12.1 Å². The molecule has 3 N–H and O–H groups in total. The summed E-state index contributed by atoms with van der Waals surface area (Å²) in [6.45, 7) is 0. The van der Waals surface area contributed by atoms with Crippen molar-refractivity contribution in [1.82, 2.24) is 5.43 Å². The molecule has 0 saturated carbocycles. The minimum absolute atomic E-state index is 0.0241. The molecule has 0 heterocycles. The van der Waals surface area contributed by atoms with Crippen LogP contribution in [0.5, 0.6) is 17.2 Å². The average molecular weight is 345 g/mol. The molecule has 2 aromatic carbocycles. The predicted octanol–water partition coefficient (Wildman–Crippen LogP) is 1.71. The highest BCUT2D eigenvalue weighted by Gasteiger charge is 2.15. The molecule has 0 aliphatic rings. The first-order valence-corrected chi connectivity index (χ1v) is 7.06. The second kappa shape index (κ2) is 7.77. The summed E-state index contributed by atoms with van der Waals surface area (Å²) in [7, 11) is 1.26. The largest absolute Gasteiger partial charge is 0.508 e. The maximum Gasteiger partial charge on any atom is 0.274 e. The first-order valence-electron chi connectivity index (χ1n) is 7.06. The number of hydrazone groups is 1. The zero-order valence-electron chi connectivity index (χ0n) is 13.2. The van der Waals surface area contributed by atoms with Crippen LogP contribution in [0.3, 0.4) is 0 Å². The van der Waals surface area contributed by atoms with Gasteiger partial charge in [-0.2, -0.15) is 5.10 Å². The second-order valence-electron chi connectivity index (χ2n) is 4.98. The van der Waals surface area contributed by atoms with Gasteiger partial charge in [0, 0.05) is 11.6 Å². The number of amides is 1. The third-order valence-corrected chi connectivity index (χ3v) is 3.21. The molecule has 9 nitrogen and oxygen atoms in total. The van der Waals surface area contributed by atoms with E-state index in [9.17, 15) is 25.1 Å². The molecular formula is C16H15N3O6. The van der Waals surface area contributed by atoms with Crippen molar-refractivity contribution in [3.8, 4) is 17.2 Å². The standard InChI is InChI=1S/C16H15N3O6/c1-25-14-8-12(19(23)24)7-11(16(14)22)9-17-18-15(21)6-10-2-4-13(20)5-3-10/h2-5,7-9,20,22H,6H2,1H3,(H,18,21)/b17-9-. The molecule has 1 amide bonds. The minimum Gasteiger partial charge on any atom is -0.508 e. The van der Waals surface area contributed by atoms with Crippen molar-refractivity contribution in [2.24, 2.45) is 5.10 Å². The van der Waals surface area contributed by atoms with Crippen LogP contribution in [0, 0.1) is 10.1 Å². The molecule has 0 radical (unpaired) electrons. The van der Waals surface area contributed by atoms with Gasteiger partial charge in [0.15, 0.2) is 11.5 Å². The lowest BCUT2D eigenvalue weighted by Gasteiger charge is -2.06. The number of nitro benzene ring substituents is 1. The molecule has 0 fully saturated rings. The summed E-state index contributed by atoms with van der Waals surface area (Å²) in [6.07, 6.45) is 1.11. The Morgan fingerprint density at radius 2 is 2.00 bits per heavy atom. The van der Waals surface area contributed by atoms with Crippen molar-refractivity contribution in [2.75, 3.05) is 7.11 Å². The van der Waals surface area contributed by atoms with E-state index in [1.165, 1.54) is 19.2 Å². The molecule has 0 spiro atoms. The number of carbonyl (C=O) groups is 1. The van der Waals surface area contributed by atoms with Crippen molar-refractivity contribution < 1.29 is 24.7 Å². The number of hydrogen-bond acceptors (Lipinski definition) is 7. The van der Waals surface area contributed by atoms with Gasteiger partial charge in [-0.15, -0.1) is 0 Å². The Bertz CT molecular complexity index is 817. The highest BCUT2D eigenvalue weighted by Crippen LogP contribution is 2.33. The van der Waals surface area contributed by atoms with E-state index >= 15 is 0 Å². The number of phenolic OH excluding ortho intramolecular Hbond substituents is 2. The van der Waals surface area contributed by atoms with Gasteiger partial charge >= 0.3 is 0 Å². The maximum atomic E-state index is 11.8. The maximum absolute atomic E-state index is 11.8. The van der Waals surface area contributed by atoms with Gasteiger partial charge in [-0.25, -0.2) is 5.43 Å². The Kier molecular flexibility index (Phi) is 5.51. The number of ether oxygens (including phenoxy) is 1. The summed E-state index contributed by atoms with van der Waals surface area (Å²) in [5, 5.41) is 33.7. The molecule has 0 unspecified atom stereocenters. The van der Waals surface area contributed by atoms with Gasteiger partial charge in [0.25, 0.3) is 5.69 Å². The van der Waals surface area contributed by atoms with Crippen LogP contribution < -0.4 is 10.2 Å². The number of non-ortho nitro benzene ring substituents is 1. The molecule has 0 bridgehead atoms. The van der Waals surface area contributed by atoms with Gasteiger partial charge < -0.3 is 14.9 Å². The Morgan fingerprint density at radius 1 is 1.32 bits per heavy atom. The number of carbonyl (C=O) groups excluding carboxylic acids is 1. The number of nitro groups is 1. The van der Waals surface area contributed by atoms with Gasteiger partial charge in [-0.05, 0) is 17.7 Å². The molecule has 0 aliphatic heterocycles. The average Bonchev–Trinajstić information content (AvgIpc) is 2.58. The molecule has 0 saturated heterocycles. The normalized spacial score (nSPS) is 10.6. The minimum atomic E-state index is -0.636. The van der Waals surface area contributed by atoms with Gasteiger partial charge in [0.1, 0.15) is 5.75 Å². The lowest BCUT2D eigenvalue weighted by Crippen LogP contribution is -2.19. The van der Waals surface area contributed by atoms with Gasteiger partial charge in [0.2, 0.25) is 5.91 Å². The van der Waals surface area contributed by atoms with E-state index in [0.29, 0.717) is 5.56 Å². The molecule has 130 valence electrons. The van der Waals surface area contributed by atoms with Crippen LogP contribution in [0.15, 0.2) is 41.5 Å². The van der Waals surface area contributed by atoms with E-state index in [4.69, 9.17) is 4.74 Å². The van der Waals surface area contributed by atoms with Crippen LogP contribution in [0.2, 0.25) is 0 Å². The van der Waals surface area contributed by atoms with Crippen LogP contribution in [0.1, 0.15) is 11.1 Å². The lowest BCUT2D eigenvalue weighted by atomic mass is 10.1. The summed E-state index contributed by atoms with van der Waals surface area (Å²) in [5.41, 5.74) is 2.66. The SMILES string of the molecule is COc1cc([N+](=O)[O-])cc(/C=N\NC(=O)Cc2ccc(O)cc2)c1O. The second-order valence-corrected chi connectivity index (χ2v) is 4.98. The zero-order chi connectivity index (χ0) is 18.4. The van der Waals surface area contributed by atoms with Crippen LogP contribution in [-0.4, -0.2) is 34.4 Å². The molecule has 0 aromatic heterocycles. The van der Waals surface area contributed by atoms with Crippen molar-refractivity contribution >= 4 is 17.8 Å². The van der Waals surface area contributed by atoms with Gasteiger partial charge in [-0.1, -0.05) is 12.1 Å².